The number of nitrogens with zero attached hydrogens (tertiary/aromatic N) is 3. The van der Waals surface area contributed by atoms with Crippen LogP contribution in [0.25, 0.3) is 0 Å². The van der Waals surface area contributed by atoms with Gasteiger partial charge in [-0.15, -0.1) is 0 Å². The fourth-order valence-electron chi connectivity index (χ4n) is 2.86. The number of carbonyl (C=O) groups is 1. The molecule has 1 aromatic carbocycles. The molecule has 156 valence electrons. The van der Waals surface area contributed by atoms with Gasteiger partial charge in [-0.05, 0) is 50.5 Å². The van der Waals surface area contributed by atoms with E-state index >= 15 is 0 Å². The van der Waals surface area contributed by atoms with E-state index in [1.54, 1.807) is 37.8 Å². The van der Waals surface area contributed by atoms with Crippen LogP contribution in [0, 0.1) is 0 Å². The summed E-state index contributed by atoms with van der Waals surface area (Å²) in [6.07, 6.45) is -3.69. The van der Waals surface area contributed by atoms with Crippen LogP contribution in [0.5, 0.6) is 0 Å². The summed E-state index contributed by atoms with van der Waals surface area (Å²) in [4.78, 5) is 21.3. The molecule has 1 amide bonds. The van der Waals surface area contributed by atoms with Gasteiger partial charge in [-0.3, -0.25) is 0 Å². The molecule has 29 heavy (non-hydrogen) atoms. The van der Waals surface area contributed by atoms with E-state index in [1.165, 1.54) is 0 Å². The van der Waals surface area contributed by atoms with Gasteiger partial charge in [0.25, 0.3) is 0 Å². The number of anilines is 2. The minimum absolute atomic E-state index is 0.0530. The van der Waals surface area contributed by atoms with E-state index in [1.807, 2.05) is 6.07 Å². The molecule has 0 saturated carbocycles. The van der Waals surface area contributed by atoms with E-state index in [9.17, 15) is 18.0 Å². The Morgan fingerprint density at radius 2 is 1.97 bits per heavy atom. The molecule has 0 fully saturated rings. The topological polar surface area (TPSA) is 67.3 Å². The van der Waals surface area contributed by atoms with Crippen molar-refractivity contribution in [1.29, 1.82) is 0 Å². The maximum Gasteiger partial charge on any atom is 0.420 e. The zero-order valence-electron chi connectivity index (χ0n) is 16.1. The summed E-state index contributed by atoms with van der Waals surface area (Å²) in [5, 5.41) is 2.17. The number of fused-ring (bicyclic) bond motifs is 1. The van der Waals surface area contributed by atoms with Gasteiger partial charge in [0, 0.05) is 25.0 Å². The Hall–Kier alpha value is -2.55. The third-order valence-corrected chi connectivity index (χ3v) is 4.46. The van der Waals surface area contributed by atoms with Crippen molar-refractivity contribution >= 4 is 29.3 Å². The molecule has 0 bridgehead atoms. The van der Waals surface area contributed by atoms with Crippen molar-refractivity contribution in [1.82, 2.24) is 14.9 Å². The van der Waals surface area contributed by atoms with Crippen LogP contribution >= 0.6 is 11.6 Å². The Bertz CT molecular complexity index is 929. The Morgan fingerprint density at radius 1 is 1.24 bits per heavy atom. The molecule has 0 unspecified atom stereocenters. The van der Waals surface area contributed by atoms with Crippen molar-refractivity contribution in [3.05, 3.63) is 46.2 Å². The molecule has 2 heterocycles. The molecular weight excluding hydrogens is 409 g/mol. The maximum atomic E-state index is 12.8. The fraction of sp³-hybridized carbons (Fsp3) is 0.421. The second-order valence-electron chi connectivity index (χ2n) is 7.66. The van der Waals surface area contributed by atoms with Crippen LogP contribution in [0.2, 0.25) is 5.15 Å². The summed E-state index contributed by atoms with van der Waals surface area (Å²) in [6, 6.07) is 5.48. The molecule has 1 N–H and O–H groups in total. The second-order valence-corrected chi connectivity index (χ2v) is 8.01. The molecule has 1 aliphatic heterocycles. The Balaban J connectivity index is 1.75. The first-order valence-corrected chi connectivity index (χ1v) is 9.27. The van der Waals surface area contributed by atoms with Crippen LogP contribution < -0.4 is 5.32 Å². The predicted molar refractivity (Wildman–Crippen MR) is 102 cm³/mol. The van der Waals surface area contributed by atoms with Gasteiger partial charge in [-0.1, -0.05) is 17.7 Å². The van der Waals surface area contributed by atoms with Gasteiger partial charge in [-0.2, -0.15) is 13.2 Å². The molecule has 1 aromatic heterocycles. The van der Waals surface area contributed by atoms with Crippen LogP contribution in [0.1, 0.15) is 37.5 Å². The highest BCUT2D eigenvalue weighted by molar-refractivity contribution is 6.30. The van der Waals surface area contributed by atoms with E-state index in [2.05, 4.69) is 15.3 Å². The Labute approximate surface area is 171 Å². The lowest BCUT2D eigenvalue weighted by Gasteiger charge is -2.31. The van der Waals surface area contributed by atoms with E-state index in [-0.39, 0.29) is 12.0 Å². The molecule has 0 aliphatic carbocycles. The number of ether oxygens (including phenoxy) is 1. The lowest BCUT2D eigenvalue weighted by Crippen LogP contribution is -2.39. The number of rotatable bonds is 2. The van der Waals surface area contributed by atoms with Crippen LogP contribution in [-0.4, -0.2) is 33.1 Å². The standard InChI is InChI=1S/C19H20ClF3N4O2/c1-18(2,3)29-17(28)27-7-6-11-4-5-13(8-12(11)10-27)25-16-24-9-14(15(20)26-16)19(21,22)23/h4-5,8-9H,6-7,10H2,1-3H3,(H,24,25,26). The van der Waals surface area contributed by atoms with Gasteiger partial charge in [0.05, 0.1) is 0 Å². The van der Waals surface area contributed by atoms with Gasteiger partial charge in [-0.25, -0.2) is 14.8 Å². The van der Waals surface area contributed by atoms with Crippen LogP contribution in [0.4, 0.5) is 29.6 Å². The zero-order valence-corrected chi connectivity index (χ0v) is 16.9. The maximum absolute atomic E-state index is 12.8. The van der Waals surface area contributed by atoms with Gasteiger partial charge in [0.15, 0.2) is 0 Å². The van der Waals surface area contributed by atoms with Gasteiger partial charge in [0.1, 0.15) is 16.3 Å². The zero-order chi connectivity index (χ0) is 21.4. The second kappa shape index (κ2) is 7.70. The van der Waals surface area contributed by atoms with Crippen molar-refractivity contribution in [2.24, 2.45) is 0 Å². The van der Waals surface area contributed by atoms with Gasteiger partial charge in [0.2, 0.25) is 5.95 Å². The first kappa shape index (κ1) is 21.2. The van der Waals surface area contributed by atoms with Crippen molar-refractivity contribution in [3.63, 3.8) is 0 Å². The third-order valence-electron chi connectivity index (χ3n) is 4.17. The highest BCUT2D eigenvalue weighted by Gasteiger charge is 2.34. The minimum atomic E-state index is -4.62. The van der Waals surface area contributed by atoms with E-state index in [4.69, 9.17) is 16.3 Å². The van der Waals surface area contributed by atoms with Crippen molar-refractivity contribution in [2.75, 3.05) is 11.9 Å². The number of carbonyl (C=O) groups excluding carboxylic acids is 1. The molecular formula is C19H20ClF3N4O2. The molecule has 2 aromatic rings. The monoisotopic (exact) mass is 428 g/mol. The van der Waals surface area contributed by atoms with Gasteiger partial charge < -0.3 is 15.0 Å². The lowest BCUT2D eigenvalue weighted by atomic mass is 9.99. The van der Waals surface area contributed by atoms with E-state index in [0.29, 0.717) is 31.4 Å². The van der Waals surface area contributed by atoms with Gasteiger partial charge >= 0.3 is 12.3 Å². The SMILES string of the molecule is CC(C)(C)OC(=O)N1CCc2ccc(Nc3ncc(C(F)(F)F)c(Cl)n3)cc2C1. The third kappa shape index (κ3) is 5.29. The number of amides is 1. The number of nitrogens with one attached hydrogen (secondary N) is 1. The Kier molecular flexibility index (Phi) is 5.62. The summed E-state index contributed by atoms with van der Waals surface area (Å²) >= 11 is 5.63. The first-order chi connectivity index (χ1) is 13.4. The molecule has 1 aliphatic rings. The smallest absolute Gasteiger partial charge is 0.420 e. The minimum Gasteiger partial charge on any atom is -0.444 e. The Morgan fingerprint density at radius 3 is 2.59 bits per heavy atom. The van der Waals surface area contributed by atoms with E-state index in [0.717, 1.165) is 11.1 Å². The molecule has 3 rings (SSSR count). The normalized spacial score (nSPS) is 14.4. The number of hydrogen-bond acceptors (Lipinski definition) is 5. The van der Waals surface area contributed by atoms with Crippen LogP contribution in [-0.2, 0) is 23.9 Å². The molecule has 0 atom stereocenters. The van der Waals surface area contributed by atoms with Crippen LogP contribution in [0.15, 0.2) is 24.4 Å². The summed E-state index contributed by atoms with van der Waals surface area (Å²) < 4.78 is 43.7. The predicted octanol–water partition coefficient (Wildman–Crippen LogP) is 5.19. The summed E-state index contributed by atoms with van der Waals surface area (Å²) in [5.41, 5.74) is 0.889. The van der Waals surface area contributed by atoms with Crippen molar-refractivity contribution < 1.29 is 22.7 Å². The number of benzene rings is 1. The fourth-order valence-corrected chi connectivity index (χ4v) is 3.09. The number of halogens is 4. The summed E-state index contributed by atoms with van der Waals surface area (Å²) in [6.45, 7) is 6.33. The lowest BCUT2D eigenvalue weighted by molar-refractivity contribution is -0.137. The van der Waals surface area contributed by atoms with E-state index < -0.39 is 22.5 Å². The first-order valence-electron chi connectivity index (χ1n) is 8.89. The number of aromatic nitrogens is 2. The number of hydrogen-bond donors (Lipinski definition) is 1. The highest BCUT2D eigenvalue weighted by atomic mass is 35.5. The molecule has 0 spiro atoms. The number of alkyl halides is 3. The van der Waals surface area contributed by atoms with Crippen molar-refractivity contribution in [2.45, 2.75) is 45.5 Å². The van der Waals surface area contributed by atoms with Crippen LogP contribution in [0.3, 0.4) is 0 Å². The average Bonchev–Trinajstić information content (AvgIpc) is 2.58. The average molecular weight is 429 g/mol. The largest absolute Gasteiger partial charge is 0.444 e. The molecule has 6 nitrogen and oxygen atoms in total. The molecule has 0 saturated heterocycles. The molecule has 0 radical (unpaired) electrons. The summed E-state index contributed by atoms with van der Waals surface area (Å²) in [5.74, 6) is -0.0530. The summed E-state index contributed by atoms with van der Waals surface area (Å²) in [7, 11) is 0. The highest BCUT2D eigenvalue weighted by Crippen LogP contribution is 2.34. The molecule has 10 heteroatoms. The quantitative estimate of drug-likeness (QED) is 0.667. The van der Waals surface area contributed by atoms with Crippen molar-refractivity contribution in [3.8, 4) is 0 Å².